The van der Waals surface area contributed by atoms with Crippen molar-refractivity contribution in [2.24, 2.45) is 4.99 Å². The molecule has 2 aromatic heterocycles. The number of sulfonamides is 1. The lowest BCUT2D eigenvalue weighted by molar-refractivity contribution is 0.0564. The SMILES string of the molecule is CS(=O)(=O)N[C@]1(CO)CC2=C(c3ccn(C(F)F)n3)[C@H](c3ccc(F)cc3Cl)N=C(c3nccs3)N2C1. The van der Waals surface area contributed by atoms with Gasteiger partial charge in [-0.05, 0) is 18.2 Å². The lowest BCUT2D eigenvalue weighted by atomic mass is 9.90. The van der Waals surface area contributed by atoms with Crippen LogP contribution in [0.2, 0.25) is 5.02 Å². The zero-order valence-corrected chi connectivity index (χ0v) is 21.5. The third-order valence-electron chi connectivity index (χ3n) is 6.05. The van der Waals surface area contributed by atoms with Gasteiger partial charge in [0.05, 0.1) is 24.1 Å². The van der Waals surface area contributed by atoms with Crippen molar-refractivity contribution in [1.82, 2.24) is 24.4 Å². The highest BCUT2D eigenvalue weighted by atomic mass is 35.5. The molecule has 0 spiro atoms. The molecule has 0 saturated carbocycles. The maximum absolute atomic E-state index is 13.9. The quantitative estimate of drug-likeness (QED) is 0.449. The standard InChI is InChI=1S/C22H20ClF3N6O3S2/c1-37(34,35)30-22(11-33)9-16-17(15-4-6-32(29-15)21(25)26)18(13-3-2-12(24)8-14(13)23)28-19(31(16)10-22)20-27-5-7-36-20/h2-8,18,21,30,33H,9-11H2,1H3/t18-,22+/m0/s1. The van der Waals surface area contributed by atoms with Gasteiger partial charge in [0.25, 0.3) is 0 Å². The van der Waals surface area contributed by atoms with Gasteiger partial charge in [-0.3, -0.25) is 4.99 Å². The highest BCUT2D eigenvalue weighted by molar-refractivity contribution is 7.88. The molecule has 196 valence electrons. The van der Waals surface area contributed by atoms with E-state index in [1.807, 2.05) is 0 Å². The largest absolute Gasteiger partial charge is 0.394 e. The van der Waals surface area contributed by atoms with E-state index >= 15 is 0 Å². The van der Waals surface area contributed by atoms with Gasteiger partial charge >= 0.3 is 6.55 Å². The van der Waals surface area contributed by atoms with Crippen molar-refractivity contribution >= 4 is 44.4 Å². The van der Waals surface area contributed by atoms with Crippen LogP contribution in [0.25, 0.3) is 5.57 Å². The Morgan fingerprint density at radius 1 is 1.35 bits per heavy atom. The van der Waals surface area contributed by atoms with Crippen LogP contribution in [0.4, 0.5) is 13.2 Å². The number of hydrogen-bond donors (Lipinski definition) is 2. The minimum Gasteiger partial charge on any atom is -0.394 e. The predicted octanol–water partition coefficient (Wildman–Crippen LogP) is 3.43. The van der Waals surface area contributed by atoms with Crippen LogP contribution in [0.3, 0.4) is 0 Å². The zero-order valence-electron chi connectivity index (χ0n) is 19.1. The van der Waals surface area contributed by atoms with E-state index < -0.39 is 40.6 Å². The van der Waals surface area contributed by atoms with Gasteiger partial charge in [0.2, 0.25) is 10.0 Å². The number of fused-ring (bicyclic) bond motifs is 1. The summed E-state index contributed by atoms with van der Waals surface area (Å²) in [4.78, 5) is 10.9. The van der Waals surface area contributed by atoms with Gasteiger partial charge in [-0.1, -0.05) is 17.7 Å². The first-order valence-electron chi connectivity index (χ1n) is 10.9. The number of aliphatic hydroxyl groups excluding tert-OH is 1. The second-order valence-electron chi connectivity index (χ2n) is 8.75. The van der Waals surface area contributed by atoms with Gasteiger partial charge in [0.1, 0.15) is 11.9 Å². The Morgan fingerprint density at radius 3 is 2.73 bits per heavy atom. The highest BCUT2D eigenvalue weighted by Crippen LogP contribution is 2.48. The van der Waals surface area contributed by atoms with Gasteiger partial charge in [-0.25, -0.2) is 27.2 Å². The van der Waals surface area contributed by atoms with Crippen LogP contribution in [-0.4, -0.2) is 64.0 Å². The Bertz CT molecular complexity index is 1510. The third kappa shape index (κ3) is 4.91. The van der Waals surface area contributed by atoms with E-state index in [2.05, 4.69) is 14.8 Å². The Morgan fingerprint density at radius 2 is 2.14 bits per heavy atom. The molecule has 0 radical (unpaired) electrons. The van der Waals surface area contributed by atoms with Gasteiger partial charge in [0, 0.05) is 52.6 Å². The Labute approximate surface area is 219 Å². The molecule has 2 aliphatic rings. The van der Waals surface area contributed by atoms with Crippen LogP contribution < -0.4 is 4.72 Å². The lowest BCUT2D eigenvalue weighted by Crippen LogP contribution is -2.53. The average Bonchev–Trinajstić information content (AvgIpc) is 3.57. The molecule has 1 fully saturated rings. The summed E-state index contributed by atoms with van der Waals surface area (Å²) in [6.07, 6.45) is 3.67. The van der Waals surface area contributed by atoms with Crippen molar-refractivity contribution in [3.05, 3.63) is 74.8 Å². The molecule has 9 nitrogen and oxygen atoms in total. The number of benzene rings is 1. The summed E-state index contributed by atoms with van der Waals surface area (Å²) in [5.74, 6) is -0.193. The third-order valence-corrected chi connectivity index (χ3v) is 7.95. The van der Waals surface area contributed by atoms with Crippen molar-refractivity contribution in [2.75, 3.05) is 19.4 Å². The van der Waals surface area contributed by atoms with Crippen LogP contribution in [0.15, 0.2) is 52.7 Å². The molecule has 15 heteroatoms. The van der Waals surface area contributed by atoms with Gasteiger partial charge in [-0.15, -0.1) is 11.3 Å². The minimum absolute atomic E-state index is 0.00670. The fourth-order valence-corrected chi connectivity index (χ4v) is 6.56. The molecule has 5 rings (SSSR count). The number of hydrogen-bond acceptors (Lipinski definition) is 8. The summed E-state index contributed by atoms with van der Waals surface area (Å²) in [5, 5.41) is 16.7. The molecule has 3 aromatic rings. The highest BCUT2D eigenvalue weighted by Gasteiger charge is 2.49. The number of aliphatic hydroxyl groups is 1. The summed E-state index contributed by atoms with van der Waals surface area (Å²) >= 11 is 7.71. The number of thiazole rings is 1. The fraction of sp³-hybridized carbons (Fsp3) is 0.318. The number of rotatable bonds is 7. The van der Waals surface area contributed by atoms with Crippen LogP contribution in [0, 0.1) is 5.82 Å². The van der Waals surface area contributed by atoms with Crippen LogP contribution in [-0.2, 0) is 10.0 Å². The monoisotopic (exact) mass is 572 g/mol. The molecule has 2 aliphatic heterocycles. The van der Waals surface area contributed by atoms with Gasteiger partial charge in [0.15, 0.2) is 10.8 Å². The first-order chi connectivity index (χ1) is 17.5. The summed E-state index contributed by atoms with van der Waals surface area (Å²) in [7, 11) is -3.75. The zero-order chi connectivity index (χ0) is 26.5. The first kappa shape index (κ1) is 25.9. The van der Waals surface area contributed by atoms with Crippen molar-refractivity contribution < 1.29 is 26.7 Å². The van der Waals surface area contributed by atoms with Crippen molar-refractivity contribution in [3.63, 3.8) is 0 Å². The number of amidine groups is 1. The second-order valence-corrected chi connectivity index (χ2v) is 11.8. The summed E-state index contributed by atoms with van der Waals surface area (Å²) < 4.78 is 68.2. The lowest BCUT2D eigenvalue weighted by Gasteiger charge is -2.32. The average molecular weight is 573 g/mol. The van der Waals surface area contributed by atoms with Crippen LogP contribution >= 0.6 is 22.9 Å². The van der Waals surface area contributed by atoms with Gasteiger partial charge < -0.3 is 10.0 Å². The van der Waals surface area contributed by atoms with Crippen LogP contribution in [0.5, 0.6) is 0 Å². The fourth-order valence-electron chi connectivity index (χ4n) is 4.66. The number of nitrogens with zero attached hydrogens (tertiary/aromatic N) is 5. The number of nitrogens with one attached hydrogen (secondary N) is 1. The Hall–Kier alpha value is -2.78. The van der Waals surface area contributed by atoms with E-state index in [4.69, 9.17) is 16.6 Å². The van der Waals surface area contributed by atoms with E-state index in [0.29, 0.717) is 32.4 Å². The second kappa shape index (κ2) is 9.51. The normalized spacial score (nSPS) is 22.1. The molecule has 1 saturated heterocycles. The van der Waals surface area contributed by atoms with Crippen molar-refractivity contribution in [1.29, 1.82) is 0 Å². The molecular formula is C22H20ClF3N6O3S2. The maximum atomic E-state index is 13.9. The molecule has 0 amide bonds. The summed E-state index contributed by atoms with van der Waals surface area (Å²) in [6, 6.07) is 4.27. The van der Waals surface area contributed by atoms with E-state index in [1.165, 1.54) is 29.5 Å². The molecule has 0 bridgehead atoms. The molecule has 2 atom stereocenters. The topological polar surface area (TPSA) is 113 Å². The smallest absolute Gasteiger partial charge is 0.333 e. The number of aliphatic imine (C=N–C) groups is 1. The molecular weight excluding hydrogens is 553 g/mol. The number of halogens is 4. The minimum atomic E-state index is -3.75. The summed E-state index contributed by atoms with van der Waals surface area (Å²) in [5.41, 5.74) is 0.0807. The van der Waals surface area contributed by atoms with E-state index in [1.54, 1.807) is 16.5 Å². The van der Waals surface area contributed by atoms with E-state index in [9.17, 15) is 26.7 Å². The Balaban J connectivity index is 1.77. The Kier molecular flexibility index (Phi) is 6.64. The maximum Gasteiger partial charge on any atom is 0.333 e. The van der Waals surface area contributed by atoms with Crippen molar-refractivity contribution in [2.45, 2.75) is 24.6 Å². The number of aromatic nitrogens is 3. The summed E-state index contributed by atoms with van der Waals surface area (Å²) in [6.45, 7) is -3.45. The van der Waals surface area contributed by atoms with E-state index in [0.717, 1.165) is 18.5 Å². The number of alkyl halides is 2. The predicted molar refractivity (Wildman–Crippen MR) is 132 cm³/mol. The first-order valence-corrected chi connectivity index (χ1v) is 14.0. The molecule has 2 N–H and O–H groups in total. The molecule has 37 heavy (non-hydrogen) atoms. The molecule has 1 aromatic carbocycles. The van der Waals surface area contributed by atoms with Gasteiger partial charge in [-0.2, -0.15) is 13.9 Å². The van der Waals surface area contributed by atoms with E-state index in [-0.39, 0.29) is 23.7 Å². The molecule has 0 unspecified atom stereocenters. The van der Waals surface area contributed by atoms with Crippen molar-refractivity contribution in [3.8, 4) is 0 Å². The molecule has 4 heterocycles. The van der Waals surface area contributed by atoms with Crippen LogP contribution in [0.1, 0.15) is 35.3 Å². The molecule has 0 aliphatic carbocycles.